The molecule has 0 aliphatic carbocycles. The highest BCUT2D eigenvalue weighted by atomic mass is 32.2. The predicted octanol–water partition coefficient (Wildman–Crippen LogP) is 3.61. The average Bonchev–Trinajstić information content (AvgIpc) is 2.86. The van der Waals surface area contributed by atoms with Crippen LogP contribution in [0.15, 0.2) is 35.5 Å². The van der Waals surface area contributed by atoms with Crippen LogP contribution in [0.2, 0.25) is 0 Å². The molecule has 0 unspecified atom stereocenters. The minimum atomic E-state index is 0.292. The molecule has 0 aliphatic rings. The summed E-state index contributed by atoms with van der Waals surface area (Å²) >= 11 is 6.72. The summed E-state index contributed by atoms with van der Waals surface area (Å²) in [6, 6.07) is 6.06. The Labute approximate surface area is 128 Å². The number of thiocarbonyl (C=S) groups is 1. The first-order chi connectivity index (χ1) is 9.52. The molecule has 0 saturated heterocycles. The summed E-state index contributed by atoms with van der Waals surface area (Å²) in [4.78, 5) is 1.34. The molecule has 2 N–H and O–H groups in total. The van der Waals surface area contributed by atoms with Crippen LogP contribution in [-0.2, 0) is 0 Å². The number of thioether (sulfide) groups is 1. The molecule has 0 radical (unpaired) electrons. The molecule has 0 atom stereocenters. The fourth-order valence-corrected chi connectivity index (χ4v) is 2.70. The van der Waals surface area contributed by atoms with Gasteiger partial charge >= 0.3 is 0 Å². The van der Waals surface area contributed by atoms with Crippen LogP contribution in [0, 0.1) is 0 Å². The van der Waals surface area contributed by atoms with Crippen molar-refractivity contribution in [1.29, 1.82) is 0 Å². The Morgan fingerprint density at radius 3 is 2.75 bits per heavy atom. The molecule has 1 aromatic carbocycles. The second kappa shape index (κ2) is 6.28. The summed E-state index contributed by atoms with van der Waals surface area (Å²) in [5, 5.41) is 4.25. The second-order valence-corrected chi connectivity index (χ2v) is 5.84. The van der Waals surface area contributed by atoms with Crippen molar-refractivity contribution in [3.05, 3.63) is 36.2 Å². The normalized spacial score (nSPS) is 10.8. The molecule has 4 nitrogen and oxygen atoms in total. The zero-order valence-electron chi connectivity index (χ0n) is 11.7. The molecule has 0 fully saturated rings. The maximum absolute atomic E-state index is 5.88. The van der Waals surface area contributed by atoms with E-state index in [0.29, 0.717) is 22.5 Å². The molecule has 0 aliphatic heterocycles. The summed E-state index contributed by atoms with van der Waals surface area (Å²) in [5.41, 5.74) is 6.59. The lowest BCUT2D eigenvalue weighted by molar-refractivity contribution is 0.475. The van der Waals surface area contributed by atoms with Gasteiger partial charge in [0.15, 0.2) is 5.75 Å². The fourth-order valence-electron chi connectivity index (χ4n) is 1.79. The van der Waals surface area contributed by atoms with Crippen molar-refractivity contribution < 1.29 is 4.74 Å². The minimum Gasteiger partial charge on any atom is -0.453 e. The third-order valence-electron chi connectivity index (χ3n) is 2.79. The number of aromatic nitrogens is 2. The number of ether oxygens (including phenoxy) is 1. The van der Waals surface area contributed by atoms with E-state index in [2.05, 4.69) is 18.9 Å². The highest BCUT2D eigenvalue weighted by molar-refractivity contribution is 7.98. The van der Waals surface area contributed by atoms with E-state index in [1.165, 1.54) is 0 Å². The molecular formula is C14H17N3OS2. The van der Waals surface area contributed by atoms with E-state index in [1.807, 2.05) is 35.3 Å². The standard InChI is InChI=1S/C14H17N3OS2/c1-9(2)17-8-10(7-16-17)18-11-5-4-6-12(20-3)13(11)14(15)19/h4-9H,1-3H3,(H2,15,19). The van der Waals surface area contributed by atoms with Crippen LogP contribution < -0.4 is 10.5 Å². The van der Waals surface area contributed by atoms with Gasteiger partial charge in [-0.25, -0.2) is 0 Å². The number of rotatable bonds is 5. The SMILES string of the molecule is CSc1cccc(Oc2cnn(C(C)C)c2)c1C(N)=S. The molecule has 0 saturated carbocycles. The average molecular weight is 307 g/mol. The molecule has 6 heteroatoms. The van der Waals surface area contributed by atoms with Crippen molar-refractivity contribution in [2.75, 3.05) is 6.26 Å². The Morgan fingerprint density at radius 1 is 1.45 bits per heavy atom. The summed E-state index contributed by atoms with van der Waals surface area (Å²) in [6.45, 7) is 4.12. The maximum Gasteiger partial charge on any atom is 0.165 e. The molecule has 20 heavy (non-hydrogen) atoms. The molecule has 0 amide bonds. The Kier molecular flexibility index (Phi) is 4.67. The molecular weight excluding hydrogens is 290 g/mol. The largest absolute Gasteiger partial charge is 0.453 e. The third kappa shape index (κ3) is 3.13. The molecule has 2 aromatic rings. The van der Waals surface area contributed by atoms with Gasteiger partial charge in [-0.05, 0) is 32.2 Å². The maximum atomic E-state index is 5.88. The van der Waals surface area contributed by atoms with Gasteiger partial charge in [0.05, 0.1) is 18.0 Å². The van der Waals surface area contributed by atoms with E-state index in [9.17, 15) is 0 Å². The first kappa shape index (κ1) is 14.9. The van der Waals surface area contributed by atoms with Crippen LogP contribution in [0.4, 0.5) is 0 Å². The van der Waals surface area contributed by atoms with Crippen molar-refractivity contribution >= 4 is 29.0 Å². The lowest BCUT2D eigenvalue weighted by atomic mass is 10.2. The van der Waals surface area contributed by atoms with Crippen LogP contribution >= 0.6 is 24.0 Å². The smallest absolute Gasteiger partial charge is 0.165 e. The number of hydrogen-bond acceptors (Lipinski definition) is 4. The molecule has 2 rings (SSSR count). The number of nitrogens with zero attached hydrogens (tertiary/aromatic N) is 2. The van der Waals surface area contributed by atoms with E-state index in [4.69, 9.17) is 22.7 Å². The van der Waals surface area contributed by atoms with Gasteiger partial charge in [-0.2, -0.15) is 5.10 Å². The van der Waals surface area contributed by atoms with Crippen LogP contribution in [-0.4, -0.2) is 21.0 Å². The highest BCUT2D eigenvalue weighted by Crippen LogP contribution is 2.32. The Morgan fingerprint density at radius 2 is 2.20 bits per heavy atom. The first-order valence-electron chi connectivity index (χ1n) is 6.21. The van der Waals surface area contributed by atoms with E-state index >= 15 is 0 Å². The van der Waals surface area contributed by atoms with E-state index in [1.54, 1.807) is 18.0 Å². The quantitative estimate of drug-likeness (QED) is 0.675. The van der Waals surface area contributed by atoms with Gasteiger partial charge in [-0.3, -0.25) is 4.68 Å². The Balaban J connectivity index is 2.35. The summed E-state index contributed by atoms with van der Waals surface area (Å²) in [5.74, 6) is 1.34. The number of nitrogens with two attached hydrogens (primary N) is 1. The van der Waals surface area contributed by atoms with Gasteiger partial charge in [-0.1, -0.05) is 18.3 Å². The van der Waals surface area contributed by atoms with Crippen molar-refractivity contribution in [3.63, 3.8) is 0 Å². The van der Waals surface area contributed by atoms with Gasteiger partial charge in [0.25, 0.3) is 0 Å². The fraction of sp³-hybridized carbons (Fsp3) is 0.286. The molecule has 1 aromatic heterocycles. The lowest BCUT2D eigenvalue weighted by Gasteiger charge is -2.12. The highest BCUT2D eigenvalue weighted by Gasteiger charge is 2.13. The number of hydrogen-bond donors (Lipinski definition) is 1. The molecule has 0 bridgehead atoms. The van der Waals surface area contributed by atoms with E-state index < -0.39 is 0 Å². The van der Waals surface area contributed by atoms with Crippen molar-refractivity contribution in [3.8, 4) is 11.5 Å². The van der Waals surface area contributed by atoms with Crippen LogP contribution in [0.5, 0.6) is 11.5 Å². The van der Waals surface area contributed by atoms with Crippen molar-refractivity contribution in [1.82, 2.24) is 9.78 Å². The zero-order chi connectivity index (χ0) is 14.7. The van der Waals surface area contributed by atoms with Gasteiger partial charge in [0.1, 0.15) is 10.7 Å². The second-order valence-electron chi connectivity index (χ2n) is 4.55. The summed E-state index contributed by atoms with van der Waals surface area (Å²) in [7, 11) is 0. The van der Waals surface area contributed by atoms with Crippen molar-refractivity contribution in [2.24, 2.45) is 5.73 Å². The van der Waals surface area contributed by atoms with Crippen LogP contribution in [0.25, 0.3) is 0 Å². The van der Waals surface area contributed by atoms with Gasteiger partial charge in [0.2, 0.25) is 0 Å². The van der Waals surface area contributed by atoms with Crippen LogP contribution in [0.3, 0.4) is 0 Å². The predicted molar refractivity (Wildman–Crippen MR) is 86.8 cm³/mol. The van der Waals surface area contributed by atoms with E-state index in [-0.39, 0.29) is 0 Å². The van der Waals surface area contributed by atoms with Gasteiger partial charge in [0, 0.05) is 10.9 Å². The molecule has 1 heterocycles. The molecule has 106 valence electrons. The van der Waals surface area contributed by atoms with E-state index in [0.717, 1.165) is 10.5 Å². The van der Waals surface area contributed by atoms with Crippen LogP contribution in [0.1, 0.15) is 25.5 Å². The third-order valence-corrected chi connectivity index (χ3v) is 3.77. The molecule has 0 spiro atoms. The van der Waals surface area contributed by atoms with Gasteiger partial charge < -0.3 is 10.5 Å². The topological polar surface area (TPSA) is 53.1 Å². The zero-order valence-corrected chi connectivity index (χ0v) is 13.3. The van der Waals surface area contributed by atoms with Crippen molar-refractivity contribution in [2.45, 2.75) is 24.8 Å². The first-order valence-corrected chi connectivity index (χ1v) is 7.85. The summed E-state index contributed by atoms with van der Waals surface area (Å²) < 4.78 is 7.72. The lowest BCUT2D eigenvalue weighted by Crippen LogP contribution is -2.12. The summed E-state index contributed by atoms with van der Waals surface area (Å²) in [6.07, 6.45) is 5.53. The monoisotopic (exact) mass is 307 g/mol. The minimum absolute atomic E-state index is 0.292. The van der Waals surface area contributed by atoms with Gasteiger partial charge in [-0.15, -0.1) is 11.8 Å². The number of benzene rings is 1. The Bertz CT molecular complexity index is 623. The Hall–Kier alpha value is -1.53.